The van der Waals surface area contributed by atoms with E-state index in [0.29, 0.717) is 31.6 Å². The standard InChI is InChI=1S/C19H28N2O5S2/c22-19(12-15-27(23,24)17-6-2-3-7-17)20-16-8-10-18(11-9-16)28(25,26)21-13-4-1-5-14-21/h8-11,17H,1-7,12-15H2,(H,20,22). The van der Waals surface area contributed by atoms with Gasteiger partial charge in [-0.1, -0.05) is 19.3 Å². The summed E-state index contributed by atoms with van der Waals surface area (Å²) < 4.78 is 51.2. The van der Waals surface area contributed by atoms with Crippen molar-refractivity contribution in [3.8, 4) is 0 Å². The molecule has 1 saturated heterocycles. The van der Waals surface area contributed by atoms with E-state index in [-0.39, 0.29) is 28.2 Å². The number of amides is 1. The van der Waals surface area contributed by atoms with Crippen molar-refractivity contribution in [3.63, 3.8) is 0 Å². The molecule has 1 saturated carbocycles. The molecule has 0 spiro atoms. The highest BCUT2D eigenvalue weighted by atomic mass is 32.2. The maximum Gasteiger partial charge on any atom is 0.243 e. The van der Waals surface area contributed by atoms with Gasteiger partial charge in [0.1, 0.15) is 0 Å². The Bertz CT molecular complexity index is 883. The molecule has 2 aliphatic rings. The van der Waals surface area contributed by atoms with E-state index in [0.717, 1.165) is 32.1 Å². The number of sulfonamides is 1. The smallest absolute Gasteiger partial charge is 0.243 e. The summed E-state index contributed by atoms with van der Waals surface area (Å²) in [5.74, 6) is -0.529. The monoisotopic (exact) mass is 428 g/mol. The molecule has 0 unspecified atom stereocenters. The maximum absolute atomic E-state index is 12.6. The summed E-state index contributed by atoms with van der Waals surface area (Å²) in [6.07, 6.45) is 5.95. The number of hydrogen-bond donors (Lipinski definition) is 1. The molecule has 1 N–H and O–H groups in total. The predicted molar refractivity (Wildman–Crippen MR) is 108 cm³/mol. The number of benzene rings is 1. The van der Waals surface area contributed by atoms with E-state index in [4.69, 9.17) is 0 Å². The molecule has 0 radical (unpaired) electrons. The first kappa shape index (κ1) is 21.3. The topological polar surface area (TPSA) is 101 Å². The highest BCUT2D eigenvalue weighted by molar-refractivity contribution is 7.92. The van der Waals surface area contributed by atoms with Crippen LogP contribution in [0.1, 0.15) is 51.4 Å². The van der Waals surface area contributed by atoms with Crippen LogP contribution in [0, 0.1) is 0 Å². The number of anilines is 1. The molecule has 28 heavy (non-hydrogen) atoms. The summed E-state index contributed by atoms with van der Waals surface area (Å²) in [7, 11) is -6.74. The van der Waals surface area contributed by atoms with Gasteiger partial charge in [-0.15, -0.1) is 0 Å². The van der Waals surface area contributed by atoms with E-state index in [1.54, 1.807) is 12.1 Å². The summed E-state index contributed by atoms with van der Waals surface area (Å²) in [5.41, 5.74) is 0.459. The molecule has 1 aliphatic heterocycles. The summed E-state index contributed by atoms with van der Waals surface area (Å²) in [5, 5.41) is 2.35. The second-order valence-corrected chi connectivity index (χ2v) is 11.9. The van der Waals surface area contributed by atoms with E-state index in [1.807, 2.05) is 0 Å². The lowest BCUT2D eigenvalue weighted by atomic mass is 10.2. The minimum atomic E-state index is -3.51. The zero-order chi connectivity index (χ0) is 20.2. The van der Waals surface area contributed by atoms with Crippen LogP contribution in [0.3, 0.4) is 0 Å². The van der Waals surface area contributed by atoms with Crippen LogP contribution >= 0.6 is 0 Å². The van der Waals surface area contributed by atoms with Crippen molar-refractivity contribution < 1.29 is 21.6 Å². The average Bonchev–Trinajstić information content (AvgIpc) is 3.24. The molecule has 1 amide bonds. The Morgan fingerprint density at radius 3 is 2.14 bits per heavy atom. The summed E-state index contributed by atoms with van der Waals surface area (Å²) >= 11 is 0. The number of sulfone groups is 1. The van der Waals surface area contributed by atoms with Crippen LogP contribution in [-0.4, -0.2) is 51.1 Å². The Morgan fingerprint density at radius 2 is 1.54 bits per heavy atom. The quantitative estimate of drug-likeness (QED) is 0.719. The SMILES string of the molecule is O=C(CCS(=O)(=O)C1CCCC1)Nc1ccc(S(=O)(=O)N2CCCCC2)cc1. The van der Waals surface area contributed by atoms with Crippen LogP contribution < -0.4 is 5.32 Å². The van der Waals surface area contributed by atoms with Gasteiger partial charge in [-0.25, -0.2) is 16.8 Å². The van der Waals surface area contributed by atoms with Gasteiger partial charge >= 0.3 is 0 Å². The lowest BCUT2D eigenvalue weighted by molar-refractivity contribution is -0.115. The van der Waals surface area contributed by atoms with Crippen molar-refractivity contribution in [2.45, 2.75) is 61.5 Å². The Labute approximate surface area is 167 Å². The summed E-state index contributed by atoms with van der Waals surface area (Å²) in [6.45, 7) is 1.08. The van der Waals surface area contributed by atoms with Crippen molar-refractivity contribution >= 4 is 31.5 Å². The van der Waals surface area contributed by atoms with Gasteiger partial charge in [0.15, 0.2) is 9.84 Å². The van der Waals surface area contributed by atoms with Crippen molar-refractivity contribution in [1.82, 2.24) is 4.31 Å². The third-order valence-corrected chi connectivity index (χ3v) is 9.69. The first-order valence-electron chi connectivity index (χ1n) is 9.91. The second-order valence-electron chi connectivity index (χ2n) is 7.56. The Balaban J connectivity index is 1.55. The summed E-state index contributed by atoms with van der Waals surface area (Å²) in [6, 6.07) is 6.05. The van der Waals surface area contributed by atoms with Gasteiger partial charge in [-0.05, 0) is 49.9 Å². The Hall–Kier alpha value is -1.45. The summed E-state index contributed by atoms with van der Waals surface area (Å²) in [4.78, 5) is 12.3. The van der Waals surface area contributed by atoms with Gasteiger partial charge in [0.05, 0.1) is 15.9 Å². The minimum absolute atomic E-state index is 0.0906. The molecule has 156 valence electrons. The van der Waals surface area contributed by atoms with Gasteiger partial charge in [-0.2, -0.15) is 4.31 Å². The lowest BCUT2D eigenvalue weighted by Gasteiger charge is -2.25. The highest BCUT2D eigenvalue weighted by Crippen LogP contribution is 2.26. The molecule has 0 bridgehead atoms. The first-order chi connectivity index (χ1) is 13.3. The number of nitrogens with one attached hydrogen (secondary N) is 1. The molecule has 1 aromatic carbocycles. The molecule has 0 aromatic heterocycles. The van der Waals surface area contributed by atoms with Crippen LogP contribution in [0.5, 0.6) is 0 Å². The third kappa shape index (κ3) is 5.12. The molecule has 1 heterocycles. The molecule has 2 fully saturated rings. The molecule has 7 nitrogen and oxygen atoms in total. The normalized spacial score (nSPS) is 19.6. The van der Waals surface area contributed by atoms with Crippen LogP contribution in [0.15, 0.2) is 29.2 Å². The average molecular weight is 429 g/mol. The number of nitrogens with zero attached hydrogens (tertiary/aromatic N) is 1. The van der Waals surface area contributed by atoms with Crippen LogP contribution in [0.4, 0.5) is 5.69 Å². The van der Waals surface area contributed by atoms with Gasteiger partial charge < -0.3 is 5.32 Å². The fourth-order valence-corrected chi connectivity index (χ4v) is 7.21. The third-order valence-electron chi connectivity index (χ3n) is 5.51. The number of carbonyl (C=O) groups excluding carboxylic acids is 1. The van der Waals surface area contributed by atoms with E-state index in [2.05, 4.69) is 5.32 Å². The van der Waals surface area contributed by atoms with E-state index >= 15 is 0 Å². The second kappa shape index (κ2) is 8.92. The molecule has 3 rings (SSSR count). The van der Waals surface area contributed by atoms with Crippen molar-refractivity contribution in [2.24, 2.45) is 0 Å². The van der Waals surface area contributed by atoms with Crippen LogP contribution in [0.2, 0.25) is 0 Å². The maximum atomic E-state index is 12.6. The van der Waals surface area contributed by atoms with E-state index < -0.39 is 19.9 Å². The van der Waals surface area contributed by atoms with E-state index in [1.165, 1.54) is 16.4 Å². The van der Waals surface area contributed by atoms with Gasteiger partial charge in [0.2, 0.25) is 15.9 Å². The number of hydrogen-bond acceptors (Lipinski definition) is 5. The zero-order valence-electron chi connectivity index (χ0n) is 16.0. The molecular formula is C19H28N2O5S2. The van der Waals surface area contributed by atoms with Gasteiger partial charge in [0, 0.05) is 25.2 Å². The van der Waals surface area contributed by atoms with E-state index in [9.17, 15) is 21.6 Å². The van der Waals surface area contributed by atoms with Crippen LogP contribution in [-0.2, 0) is 24.7 Å². The fraction of sp³-hybridized carbons (Fsp3) is 0.632. The van der Waals surface area contributed by atoms with Crippen molar-refractivity contribution in [2.75, 3.05) is 24.2 Å². The Morgan fingerprint density at radius 1 is 0.929 bits per heavy atom. The molecule has 1 aromatic rings. The number of carbonyl (C=O) groups is 1. The van der Waals surface area contributed by atoms with Gasteiger partial charge in [-0.3, -0.25) is 4.79 Å². The molecule has 1 aliphatic carbocycles. The van der Waals surface area contributed by atoms with Crippen LogP contribution in [0.25, 0.3) is 0 Å². The van der Waals surface area contributed by atoms with Crippen molar-refractivity contribution in [3.05, 3.63) is 24.3 Å². The number of rotatable bonds is 7. The van der Waals surface area contributed by atoms with Crippen molar-refractivity contribution in [1.29, 1.82) is 0 Å². The zero-order valence-corrected chi connectivity index (χ0v) is 17.6. The Kier molecular flexibility index (Phi) is 6.77. The molecule has 0 atom stereocenters. The number of piperidine rings is 1. The lowest BCUT2D eigenvalue weighted by Crippen LogP contribution is -2.35. The fourth-order valence-electron chi connectivity index (χ4n) is 3.84. The molecule has 9 heteroatoms. The highest BCUT2D eigenvalue weighted by Gasteiger charge is 2.29. The van der Waals surface area contributed by atoms with Gasteiger partial charge in [0.25, 0.3) is 0 Å². The first-order valence-corrected chi connectivity index (χ1v) is 13.1. The largest absolute Gasteiger partial charge is 0.326 e. The molecular weight excluding hydrogens is 400 g/mol. The minimum Gasteiger partial charge on any atom is -0.326 e. The predicted octanol–water partition coefficient (Wildman–Crippen LogP) is 2.55.